The van der Waals surface area contributed by atoms with Gasteiger partial charge in [-0.25, -0.2) is 0 Å². The van der Waals surface area contributed by atoms with Crippen LogP contribution >= 0.6 is 11.6 Å². The molecule has 0 aliphatic rings. The Morgan fingerprint density at radius 3 is 1.89 bits per heavy atom. The van der Waals surface area contributed by atoms with Crippen LogP contribution in [-0.2, 0) is 0 Å². The van der Waals surface area contributed by atoms with Crippen molar-refractivity contribution in [3.63, 3.8) is 0 Å². The minimum Gasteiger partial charge on any atom is -0.506 e. The number of hydrogen-bond acceptors (Lipinski definition) is 1. The highest BCUT2D eigenvalue weighted by molar-refractivity contribution is 6.32. The van der Waals surface area contributed by atoms with E-state index in [9.17, 15) is 5.11 Å². The van der Waals surface area contributed by atoms with E-state index in [4.69, 9.17) is 11.6 Å². The predicted octanol–water partition coefficient (Wildman–Crippen LogP) is 6.86. The van der Waals surface area contributed by atoms with Crippen LogP contribution in [0.1, 0.15) is 0 Å². The zero-order chi connectivity index (χ0) is 18.1. The maximum absolute atomic E-state index is 10.5. The van der Waals surface area contributed by atoms with Crippen molar-refractivity contribution in [3.05, 3.63) is 83.9 Å². The molecule has 4 aromatic carbocycles. The van der Waals surface area contributed by atoms with Crippen molar-refractivity contribution < 1.29 is 5.11 Å². The molecule has 0 aliphatic carbocycles. The first-order valence-corrected chi connectivity index (χ1v) is 9.26. The minimum atomic E-state index is 0.126. The molecular formula is C24H14ClNO. The molecule has 0 spiro atoms. The monoisotopic (exact) mass is 367 g/mol. The highest BCUT2D eigenvalue weighted by Gasteiger charge is 2.19. The third-order valence-electron chi connectivity index (χ3n) is 5.50. The summed E-state index contributed by atoms with van der Waals surface area (Å²) in [6.45, 7) is 0. The number of benzene rings is 4. The molecule has 0 unspecified atom stereocenters. The van der Waals surface area contributed by atoms with Crippen molar-refractivity contribution in [2.24, 2.45) is 0 Å². The van der Waals surface area contributed by atoms with Crippen molar-refractivity contribution in [3.8, 4) is 16.9 Å². The largest absolute Gasteiger partial charge is 0.506 e. The van der Waals surface area contributed by atoms with Crippen LogP contribution in [-0.4, -0.2) is 9.51 Å². The van der Waals surface area contributed by atoms with Gasteiger partial charge in [-0.05, 0) is 35.9 Å². The zero-order valence-corrected chi connectivity index (χ0v) is 15.0. The van der Waals surface area contributed by atoms with E-state index in [1.165, 1.54) is 38.1 Å². The lowest BCUT2D eigenvalue weighted by atomic mass is 9.99. The number of nitrogens with zero attached hydrogens (tertiary/aromatic N) is 1. The van der Waals surface area contributed by atoms with Crippen LogP contribution in [0, 0.1) is 0 Å². The number of hydrogen-bond donors (Lipinski definition) is 1. The summed E-state index contributed by atoms with van der Waals surface area (Å²) in [5.74, 6) is 0.126. The maximum atomic E-state index is 10.5. The topological polar surface area (TPSA) is 24.6 Å². The van der Waals surface area contributed by atoms with Crippen LogP contribution < -0.4 is 0 Å². The fraction of sp³-hybridized carbons (Fsp3) is 0. The third-order valence-corrected chi connectivity index (χ3v) is 5.81. The van der Waals surface area contributed by atoms with E-state index in [-0.39, 0.29) is 5.75 Å². The smallest absolute Gasteiger partial charge is 0.141 e. The Labute approximate surface area is 160 Å². The van der Waals surface area contributed by atoms with Crippen LogP contribution in [0.5, 0.6) is 5.75 Å². The Kier molecular flexibility index (Phi) is 2.84. The standard InChI is InChI=1S/C24H14ClNO/c25-20-9-5-8-15(24(20)27)14-12-18-16-6-1-3-10-21(16)26-22-11-4-2-7-17(22)19(13-14)23(18)26/h1-13,27H. The van der Waals surface area contributed by atoms with Crippen LogP contribution in [0.25, 0.3) is 49.2 Å². The highest BCUT2D eigenvalue weighted by Crippen LogP contribution is 2.43. The number of halogens is 1. The summed E-state index contributed by atoms with van der Waals surface area (Å²) in [7, 11) is 0. The molecule has 2 nitrogen and oxygen atoms in total. The second-order valence-electron chi connectivity index (χ2n) is 6.93. The molecule has 2 aromatic heterocycles. The van der Waals surface area contributed by atoms with Crippen LogP contribution in [0.3, 0.4) is 0 Å². The van der Waals surface area contributed by atoms with Gasteiger partial charge in [0.25, 0.3) is 0 Å². The van der Waals surface area contributed by atoms with E-state index in [0.717, 1.165) is 11.1 Å². The van der Waals surface area contributed by atoms with Gasteiger partial charge in [0.15, 0.2) is 0 Å². The molecule has 0 atom stereocenters. The summed E-state index contributed by atoms with van der Waals surface area (Å²) in [4.78, 5) is 0. The van der Waals surface area contributed by atoms with Gasteiger partial charge in [-0.3, -0.25) is 0 Å². The number of rotatable bonds is 1. The summed E-state index contributed by atoms with van der Waals surface area (Å²) in [5.41, 5.74) is 5.35. The second-order valence-corrected chi connectivity index (χ2v) is 7.33. The fourth-order valence-corrected chi connectivity index (χ4v) is 4.53. The number of aromatic nitrogens is 1. The van der Waals surface area contributed by atoms with Crippen molar-refractivity contribution in [1.82, 2.24) is 4.40 Å². The molecule has 27 heavy (non-hydrogen) atoms. The van der Waals surface area contributed by atoms with Gasteiger partial charge in [-0.1, -0.05) is 60.1 Å². The van der Waals surface area contributed by atoms with Gasteiger partial charge in [0.2, 0.25) is 0 Å². The number of aromatic hydroxyl groups is 1. The molecule has 2 heterocycles. The molecule has 6 rings (SSSR count). The lowest BCUT2D eigenvalue weighted by molar-refractivity contribution is 0.477. The van der Waals surface area contributed by atoms with Gasteiger partial charge in [-0.15, -0.1) is 0 Å². The van der Waals surface area contributed by atoms with Crippen molar-refractivity contribution in [1.29, 1.82) is 0 Å². The first-order chi connectivity index (χ1) is 13.2. The summed E-state index contributed by atoms with van der Waals surface area (Å²) in [5, 5.41) is 15.7. The summed E-state index contributed by atoms with van der Waals surface area (Å²) < 4.78 is 2.34. The predicted molar refractivity (Wildman–Crippen MR) is 113 cm³/mol. The molecule has 128 valence electrons. The zero-order valence-electron chi connectivity index (χ0n) is 14.3. The first kappa shape index (κ1) is 14.9. The molecule has 6 aromatic rings. The van der Waals surface area contributed by atoms with E-state index in [2.05, 4.69) is 65.1 Å². The molecular weight excluding hydrogens is 354 g/mol. The SMILES string of the molecule is Oc1c(Cl)cccc1-c1cc2c3ccccc3n3c4ccccc4c(c1)c23. The van der Waals surface area contributed by atoms with Gasteiger partial charge in [0, 0.05) is 27.1 Å². The Balaban J connectivity index is 1.88. The van der Waals surface area contributed by atoms with Crippen LogP contribution in [0.15, 0.2) is 78.9 Å². The van der Waals surface area contributed by atoms with E-state index in [1.54, 1.807) is 6.07 Å². The molecule has 0 fully saturated rings. The molecule has 0 aliphatic heterocycles. The number of phenolic OH excluding ortho intramolecular Hbond substituents is 1. The molecule has 0 saturated carbocycles. The highest BCUT2D eigenvalue weighted by atomic mass is 35.5. The maximum Gasteiger partial charge on any atom is 0.141 e. The lowest BCUT2D eigenvalue weighted by Gasteiger charge is -2.07. The average molecular weight is 368 g/mol. The average Bonchev–Trinajstić information content (AvgIpc) is 3.21. The number of fused-ring (bicyclic) bond motifs is 6. The molecule has 3 heteroatoms. The second kappa shape index (κ2) is 5.15. The van der Waals surface area contributed by atoms with Crippen molar-refractivity contribution >= 4 is 49.7 Å². The Morgan fingerprint density at radius 1 is 0.667 bits per heavy atom. The molecule has 1 N–H and O–H groups in total. The Morgan fingerprint density at radius 2 is 1.26 bits per heavy atom. The van der Waals surface area contributed by atoms with Crippen LogP contribution in [0.2, 0.25) is 5.02 Å². The van der Waals surface area contributed by atoms with Gasteiger partial charge in [-0.2, -0.15) is 0 Å². The van der Waals surface area contributed by atoms with E-state index < -0.39 is 0 Å². The lowest BCUT2D eigenvalue weighted by Crippen LogP contribution is -1.81. The molecule has 0 radical (unpaired) electrons. The first-order valence-electron chi connectivity index (χ1n) is 8.89. The van der Waals surface area contributed by atoms with E-state index >= 15 is 0 Å². The van der Waals surface area contributed by atoms with E-state index in [1.807, 2.05) is 12.1 Å². The van der Waals surface area contributed by atoms with Gasteiger partial charge in [0.05, 0.1) is 21.6 Å². The van der Waals surface area contributed by atoms with Gasteiger partial charge >= 0.3 is 0 Å². The number of phenols is 1. The molecule has 0 bridgehead atoms. The van der Waals surface area contributed by atoms with E-state index in [0.29, 0.717) is 5.02 Å². The normalized spacial score (nSPS) is 12.0. The Hall–Kier alpha value is -3.23. The fourth-order valence-electron chi connectivity index (χ4n) is 4.35. The van der Waals surface area contributed by atoms with Gasteiger partial charge in [0.1, 0.15) is 5.75 Å². The third kappa shape index (κ3) is 1.85. The summed E-state index contributed by atoms with van der Waals surface area (Å²) >= 11 is 6.17. The quantitative estimate of drug-likeness (QED) is 0.337. The van der Waals surface area contributed by atoms with Crippen LogP contribution in [0.4, 0.5) is 0 Å². The minimum absolute atomic E-state index is 0.126. The van der Waals surface area contributed by atoms with Gasteiger partial charge < -0.3 is 9.51 Å². The molecule has 0 amide bonds. The number of para-hydroxylation sites is 3. The van der Waals surface area contributed by atoms with Crippen molar-refractivity contribution in [2.75, 3.05) is 0 Å². The summed E-state index contributed by atoms with van der Waals surface area (Å²) in [6.07, 6.45) is 0. The Bertz CT molecular complexity index is 1410. The summed E-state index contributed by atoms with van der Waals surface area (Å²) in [6, 6.07) is 26.8. The van der Waals surface area contributed by atoms with Crippen molar-refractivity contribution in [2.45, 2.75) is 0 Å². The molecule has 0 saturated heterocycles.